The highest BCUT2D eigenvalue weighted by atomic mass is 16.3. The Morgan fingerprint density at radius 1 is 0.853 bits per heavy atom. The summed E-state index contributed by atoms with van der Waals surface area (Å²) in [5, 5.41) is 0. The molecule has 2 aromatic carbocycles. The Kier molecular flexibility index (Phi) is 5.03. The third-order valence-electron chi connectivity index (χ3n) is 6.38. The molecule has 34 heavy (non-hydrogen) atoms. The zero-order valence-corrected chi connectivity index (χ0v) is 18.4. The molecule has 0 unspecified atom stereocenters. The van der Waals surface area contributed by atoms with Crippen LogP contribution in [0, 0.1) is 0 Å². The van der Waals surface area contributed by atoms with E-state index in [1.54, 1.807) is 30.6 Å². The molecule has 9 heteroatoms. The van der Waals surface area contributed by atoms with Gasteiger partial charge in [0, 0.05) is 44.1 Å². The molecular weight excluding hydrogens is 432 g/mol. The Labute approximate surface area is 195 Å². The van der Waals surface area contributed by atoms with Crippen LogP contribution in [0.3, 0.4) is 0 Å². The lowest BCUT2D eigenvalue weighted by Crippen LogP contribution is -2.53. The molecule has 0 aliphatic carbocycles. The first-order valence-corrected chi connectivity index (χ1v) is 11.3. The van der Waals surface area contributed by atoms with Crippen LogP contribution in [0.2, 0.25) is 0 Å². The van der Waals surface area contributed by atoms with Crippen LogP contribution in [0.25, 0.3) is 22.6 Å². The standard InChI is InChI=1S/C25H22N6O3/c32-22-16-20(29-12-14-30(15-13-29)25-26-10-3-11-27-25)24(33)31(22)18-8-6-17(7-9-18)23-28-19-4-1-2-5-21(19)34-23/h1-11,20H,12-16H2/t20-/m0/s1. The summed E-state index contributed by atoms with van der Waals surface area (Å²) in [7, 11) is 0. The summed E-state index contributed by atoms with van der Waals surface area (Å²) in [4.78, 5) is 44.6. The van der Waals surface area contributed by atoms with E-state index in [1.807, 2.05) is 36.4 Å². The Morgan fingerprint density at radius 2 is 1.59 bits per heavy atom. The Balaban J connectivity index is 1.15. The third kappa shape index (κ3) is 3.60. The third-order valence-corrected chi connectivity index (χ3v) is 6.38. The number of carbonyl (C=O) groups excluding carboxylic acids is 2. The van der Waals surface area contributed by atoms with E-state index in [1.165, 1.54) is 4.90 Å². The zero-order chi connectivity index (χ0) is 23.1. The molecule has 2 aromatic heterocycles. The van der Waals surface area contributed by atoms with Gasteiger partial charge in [0.2, 0.25) is 17.7 Å². The van der Waals surface area contributed by atoms with Crippen LogP contribution in [0.4, 0.5) is 11.6 Å². The lowest BCUT2D eigenvalue weighted by Gasteiger charge is -2.36. The predicted molar refractivity (Wildman–Crippen MR) is 126 cm³/mol. The van der Waals surface area contributed by atoms with Crippen molar-refractivity contribution in [2.75, 3.05) is 36.0 Å². The molecule has 6 rings (SSSR count). The number of aromatic nitrogens is 3. The van der Waals surface area contributed by atoms with Crippen molar-refractivity contribution >= 4 is 34.5 Å². The van der Waals surface area contributed by atoms with E-state index in [-0.39, 0.29) is 18.2 Å². The lowest BCUT2D eigenvalue weighted by molar-refractivity contribution is -0.123. The van der Waals surface area contributed by atoms with Crippen molar-refractivity contribution in [1.29, 1.82) is 0 Å². The molecule has 2 aliphatic heterocycles. The molecule has 0 radical (unpaired) electrons. The van der Waals surface area contributed by atoms with Crippen molar-refractivity contribution in [2.24, 2.45) is 0 Å². The molecule has 0 saturated carbocycles. The van der Waals surface area contributed by atoms with Crippen molar-refractivity contribution < 1.29 is 14.0 Å². The molecule has 2 amide bonds. The van der Waals surface area contributed by atoms with Crippen LogP contribution in [0.15, 0.2) is 71.4 Å². The van der Waals surface area contributed by atoms with Gasteiger partial charge in [0.15, 0.2) is 5.58 Å². The summed E-state index contributed by atoms with van der Waals surface area (Å²) >= 11 is 0. The van der Waals surface area contributed by atoms with Gasteiger partial charge >= 0.3 is 0 Å². The molecule has 2 saturated heterocycles. The second-order valence-electron chi connectivity index (χ2n) is 8.39. The predicted octanol–water partition coefficient (Wildman–Crippen LogP) is 2.74. The van der Waals surface area contributed by atoms with Gasteiger partial charge in [-0.1, -0.05) is 12.1 Å². The van der Waals surface area contributed by atoms with E-state index in [0.717, 1.165) is 11.1 Å². The molecule has 1 atom stereocenters. The topological polar surface area (TPSA) is 95.7 Å². The number of oxazole rings is 1. The molecular formula is C25H22N6O3. The van der Waals surface area contributed by atoms with Gasteiger partial charge in [-0.2, -0.15) is 0 Å². The van der Waals surface area contributed by atoms with E-state index >= 15 is 0 Å². The maximum Gasteiger partial charge on any atom is 0.251 e. The van der Waals surface area contributed by atoms with Gasteiger partial charge in [-0.3, -0.25) is 14.5 Å². The summed E-state index contributed by atoms with van der Waals surface area (Å²) in [6, 6.07) is 16.1. The average molecular weight is 454 g/mol. The van der Waals surface area contributed by atoms with Crippen molar-refractivity contribution in [1.82, 2.24) is 19.9 Å². The fourth-order valence-electron chi connectivity index (χ4n) is 4.61. The maximum atomic E-state index is 13.2. The molecule has 9 nitrogen and oxygen atoms in total. The number of benzene rings is 2. The second-order valence-corrected chi connectivity index (χ2v) is 8.39. The normalized spacial score (nSPS) is 19.4. The van der Waals surface area contributed by atoms with E-state index < -0.39 is 6.04 Å². The molecule has 0 spiro atoms. The van der Waals surface area contributed by atoms with E-state index in [9.17, 15) is 9.59 Å². The SMILES string of the molecule is O=C1C[C@H](N2CCN(c3ncccn3)CC2)C(=O)N1c1ccc(-c2nc3ccccc3o2)cc1. The number of hydrogen-bond acceptors (Lipinski definition) is 8. The smallest absolute Gasteiger partial charge is 0.251 e. The van der Waals surface area contributed by atoms with Gasteiger partial charge in [0.25, 0.3) is 5.91 Å². The number of hydrogen-bond donors (Lipinski definition) is 0. The highest BCUT2D eigenvalue weighted by Crippen LogP contribution is 2.30. The molecule has 0 bridgehead atoms. The Bertz CT molecular complexity index is 1310. The number of rotatable bonds is 4. The number of anilines is 2. The van der Waals surface area contributed by atoms with Crippen molar-refractivity contribution in [3.05, 3.63) is 67.0 Å². The number of para-hydroxylation sites is 2. The molecule has 170 valence electrons. The second kappa shape index (κ2) is 8.35. The summed E-state index contributed by atoms with van der Waals surface area (Å²) < 4.78 is 5.82. The average Bonchev–Trinajstić information content (AvgIpc) is 3.45. The highest BCUT2D eigenvalue weighted by Gasteiger charge is 2.43. The number of piperazine rings is 1. The van der Waals surface area contributed by atoms with Crippen LogP contribution < -0.4 is 9.80 Å². The summed E-state index contributed by atoms with van der Waals surface area (Å²) in [6.07, 6.45) is 3.64. The first-order valence-electron chi connectivity index (χ1n) is 11.3. The monoisotopic (exact) mass is 454 g/mol. The molecule has 0 N–H and O–H groups in total. The number of fused-ring (bicyclic) bond motifs is 1. The van der Waals surface area contributed by atoms with Gasteiger partial charge in [-0.05, 0) is 42.5 Å². The van der Waals surface area contributed by atoms with Crippen LogP contribution in [0.1, 0.15) is 6.42 Å². The minimum absolute atomic E-state index is 0.177. The minimum atomic E-state index is -0.442. The van der Waals surface area contributed by atoms with Crippen molar-refractivity contribution in [3.63, 3.8) is 0 Å². The maximum absolute atomic E-state index is 13.2. The van der Waals surface area contributed by atoms with Gasteiger partial charge in [-0.15, -0.1) is 0 Å². The van der Waals surface area contributed by atoms with Crippen LogP contribution in [-0.2, 0) is 9.59 Å². The summed E-state index contributed by atoms with van der Waals surface area (Å²) in [5.74, 6) is 0.837. The minimum Gasteiger partial charge on any atom is -0.436 e. The van der Waals surface area contributed by atoms with E-state index in [2.05, 4.69) is 24.8 Å². The largest absolute Gasteiger partial charge is 0.436 e. The summed E-state index contributed by atoms with van der Waals surface area (Å²) in [5.41, 5.74) is 2.85. The van der Waals surface area contributed by atoms with Crippen molar-refractivity contribution in [2.45, 2.75) is 12.5 Å². The first-order chi connectivity index (χ1) is 16.7. The van der Waals surface area contributed by atoms with Gasteiger partial charge < -0.3 is 9.32 Å². The number of imide groups is 1. The number of nitrogens with zero attached hydrogens (tertiary/aromatic N) is 6. The highest BCUT2D eigenvalue weighted by molar-refractivity contribution is 6.22. The fourth-order valence-corrected chi connectivity index (χ4v) is 4.61. The Morgan fingerprint density at radius 3 is 2.32 bits per heavy atom. The van der Waals surface area contributed by atoms with Crippen LogP contribution in [-0.4, -0.2) is 63.9 Å². The Hall–Kier alpha value is -4.11. The lowest BCUT2D eigenvalue weighted by atomic mass is 10.1. The molecule has 2 aliphatic rings. The van der Waals surface area contributed by atoms with E-state index in [0.29, 0.717) is 49.3 Å². The molecule has 2 fully saturated rings. The first kappa shape index (κ1) is 20.5. The summed E-state index contributed by atoms with van der Waals surface area (Å²) in [6.45, 7) is 2.77. The molecule has 4 heterocycles. The van der Waals surface area contributed by atoms with Gasteiger partial charge in [-0.25, -0.2) is 19.9 Å². The van der Waals surface area contributed by atoms with Gasteiger partial charge in [0.1, 0.15) is 5.52 Å². The van der Waals surface area contributed by atoms with Crippen molar-refractivity contribution in [3.8, 4) is 11.5 Å². The number of carbonyl (C=O) groups is 2. The molecule has 4 aromatic rings. The van der Waals surface area contributed by atoms with Crippen LogP contribution >= 0.6 is 0 Å². The van der Waals surface area contributed by atoms with Gasteiger partial charge in [0.05, 0.1) is 18.2 Å². The van der Waals surface area contributed by atoms with E-state index in [4.69, 9.17) is 4.42 Å². The quantitative estimate of drug-likeness (QED) is 0.435. The number of amides is 2. The fraction of sp³-hybridized carbons (Fsp3) is 0.240. The zero-order valence-electron chi connectivity index (χ0n) is 18.4. The van der Waals surface area contributed by atoms with Crippen LogP contribution in [0.5, 0.6) is 0 Å².